The van der Waals surface area contributed by atoms with Crippen LogP contribution in [0.25, 0.3) is 0 Å². The molecule has 1 nitrogen and oxygen atoms in total. The molecule has 0 amide bonds. The molecule has 0 heterocycles. The molecule has 0 aromatic heterocycles. The van der Waals surface area contributed by atoms with E-state index in [1.54, 1.807) is 0 Å². The van der Waals surface area contributed by atoms with E-state index in [1.807, 2.05) is 0 Å². The molecular weight excluding hydrogens is 184 g/mol. The Morgan fingerprint density at radius 3 is 2.07 bits per heavy atom. The van der Waals surface area contributed by atoms with E-state index in [2.05, 4.69) is 38.1 Å². The lowest BCUT2D eigenvalue weighted by Gasteiger charge is -2.14. The Kier molecular flexibility index (Phi) is 2.83. The summed E-state index contributed by atoms with van der Waals surface area (Å²) < 4.78 is 0. The van der Waals surface area contributed by atoms with Crippen LogP contribution in [0.1, 0.15) is 56.6 Å². The third kappa shape index (κ3) is 2.07. The normalized spacial score (nSPS) is 18.1. The third-order valence-electron chi connectivity index (χ3n) is 3.63. The van der Waals surface area contributed by atoms with Crippen molar-refractivity contribution in [1.29, 1.82) is 0 Å². The SMILES string of the molecule is CCC(CC)c1ccc(C2(O)CC2)cc1. The molecule has 0 aliphatic heterocycles. The van der Waals surface area contributed by atoms with Gasteiger partial charge in [0.15, 0.2) is 0 Å². The second-order valence-electron chi connectivity index (χ2n) is 4.67. The molecule has 0 spiro atoms. The van der Waals surface area contributed by atoms with Gasteiger partial charge in [0.05, 0.1) is 5.60 Å². The predicted molar refractivity (Wildman–Crippen MR) is 62.9 cm³/mol. The Labute approximate surface area is 92.1 Å². The van der Waals surface area contributed by atoms with Gasteiger partial charge in [0.2, 0.25) is 0 Å². The molecule has 0 saturated heterocycles. The van der Waals surface area contributed by atoms with Crippen molar-refractivity contribution in [3.63, 3.8) is 0 Å². The highest BCUT2D eigenvalue weighted by molar-refractivity contribution is 5.32. The van der Waals surface area contributed by atoms with E-state index in [0.29, 0.717) is 5.92 Å². The summed E-state index contributed by atoms with van der Waals surface area (Å²) in [5.41, 5.74) is 2.03. The third-order valence-corrected chi connectivity index (χ3v) is 3.63. The first kappa shape index (κ1) is 10.7. The highest BCUT2D eigenvalue weighted by Crippen LogP contribution is 2.45. The molecular formula is C14H20O. The molecule has 1 aromatic carbocycles. The standard InChI is InChI=1S/C14H20O/c1-3-11(4-2)12-5-7-13(8-6-12)14(15)9-10-14/h5-8,11,15H,3-4,9-10H2,1-2H3. The maximum absolute atomic E-state index is 9.94. The molecule has 2 rings (SSSR count). The number of rotatable bonds is 4. The minimum Gasteiger partial charge on any atom is -0.385 e. The zero-order valence-corrected chi connectivity index (χ0v) is 9.66. The molecule has 0 bridgehead atoms. The van der Waals surface area contributed by atoms with Gasteiger partial charge in [0, 0.05) is 0 Å². The summed E-state index contributed by atoms with van der Waals surface area (Å²) in [4.78, 5) is 0. The molecule has 1 aliphatic carbocycles. The van der Waals surface area contributed by atoms with E-state index < -0.39 is 5.60 Å². The summed E-state index contributed by atoms with van der Waals surface area (Å²) in [7, 11) is 0. The van der Waals surface area contributed by atoms with Crippen molar-refractivity contribution in [2.45, 2.75) is 51.0 Å². The fourth-order valence-electron chi connectivity index (χ4n) is 2.23. The second kappa shape index (κ2) is 3.97. The van der Waals surface area contributed by atoms with Gasteiger partial charge < -0.3 is 5.11 Å². The monoisotopic (exact) mass is 204 g/mol. The highest BCUT2D eigenvalue weighted by atomic mass is 16.3. The summed E-state index contributed by atoms with van der Waals surface area (Å²) in [5.74, 6) is 0.674. The van der Waals surface area contributed by atoms with Gasteiger partial charge in [-0.1, -0.05) is 38.1 Å². The molecule has 15 heavy (non-hydrogen) atoms. The number of aliphatic hydroxyl groups is 1. The van der Waals surface area contributed by atoms with Crippen molar-refractivity contribution in [3.05, 3.63) is 35.4 Å². The lowest BCUT2D eigenvalue weighted by molar-refractivity contribution is 0.151. The average Bonchev–Trinajstić information content (AvgIpc) is 3.01. The molecule has 0 atom stereocenters. The fourth-order valence-corrected chi connectivity index (χ4v) is 2.23. The lowest BCUT2D eigenvalue weighted by atomic mass is 9.92. The summed E-state index contributed by atoms with van der Waals surface area (Å²) in [6.07, 6.45) is 4.24. The number of hydrogen-bond acceptors (Lipinski definition) is 1. The van der Waals surface area contributed by atoms with Crippen molar-refractivity contribution in [2.75, 3.05) is 0 Å². The summed E-state index contributed by atoms with van der Waals surface area (Å²) >= 11 is 0. The van der Waals surface area contributed by atoms with E-state index in [9.17, 15) is 5.11 Å². The minimum absolute atomic E-state index is 0.480. The Morgan fingerprint density at radius 2 is 1.67 bits per heavy atom. The van der Waals surface area contributed by atoms with Crippen molar-refractivity contribution < 1.29 is 5.11 Å². The van der Waals surface area contributed by atoms with Gasteiger partial charge in [0.1, 0.15) is 0 Å². The van der Waals surface area contributed by atoms with Crippen molar-refractivity contribution in [3.8, 4) is 0 Å². The van der Waals surface area contributed by atoms with E-state index in [4.69, 9.17) is 0 Å². The molecule has 1 saturated carbocycles. The van der Waals surface area contributed by atoms with Crippen LogP contribution in [0.5, 0.6) is 0 Å². The van der Waals surface area contributed by atoms with Gasteiger partial charge in [-0.2, -0.15) is 0 Å². The Balaban J connectivity index is 2.16. The summed E-state index contributed by atoms with van der Waals surface area (Å²) in [6.45, 7) is 4.47. The van der Waals surface area contributed by atoms with Crippen LogP contribution in [0.15, 0.2) is 24.3 Å². The van der Waals surface area contributed by atoms with E-state index in [0.717, 1.165) is 18.4 Å². The molecule has 1 aliphatic rings. The Bertz CT molecular complexity index is 318. The molecule has 1 heteroatoms. The number of benzene rings is 1. The van der Waals surface area contributed by atoms with Crippen LogP contribution in [0.4, 0.5) is 0 Å². The van der Waals surface area contributed by atoms with Crippen LogP contribution >= 0.6 is 0 Å². The lowest BCUT2D eigenvalue weighted by Crippen LogP contribution is -2.04. The Morgan fingerprint density at radius 1 is 1.13 bits per heavy atom. The Hall–Kier alpha value is -0.820. The summed E-state index contributed by atoms with van der Waals surface area (Å²) in [5, 5.41) is 9.94. The van der Waals surface area contributed by atoms with Crippen LogP contribution in [-0.2, 0) is 5.60 Å². The molecule has 1 aromatic rings. The topological polar surface area (TPSA) is 20.2 Å². The van der Waals surface area contributed by atoms with Gasteiger partial charge in [-0.15, -0.1) is 0 Å². The van der Waals surface area contributed by atoms with Crippen LogP contribution in [-0.4, -0.2) is 5.11 Å². The first-order valence-corrected chi connectivity index (χ1v) is 6.02. The zero-order chi connectivity index (χ0) is 10.9. The van der Waals surface area contributed by atoms with Crippen LogP contribution in [0, 0.1) is 0 Å². The smallest absolute Gasteiger partial charge is 0.0899 e. The fraction of sp³-hybridized carbons (Fsp3) is 0.571. The molecule has 1 fully saturated rings. The van der Waals surface area contributed by atoms with E-state index in [1.165, 1.54) is 18.4 Å². The zero-order valence-electron chi connectivity index (χ0n) is 9.66. The van der Waals surface area contributed by atoms with Gasteiger partial charge in [0.25, 0.3) is 0 Å². The predicted octanol–water partition coefficient (Wildman–Crippen LogP) is 3.57. The first-order chi connectivity index (χ1) is 7.19. The van der Waals surface area contributed by atoms with Gasteiger partial charge in [-0.05, 0) is 42.7 Å². The quantitative estimate of drug-likeness (QED) is 0.795. The van der Waals surface area contributed by atoms with Crippen LogP contribution < -0.4 is 0 Å². The van der Waals surface area contributed by atoms with Gasteiger partial charge >= 0.3 is 0 Å². The first-order valence-electron chi connectivity index (χ1n) is 6.02. The maximum atomic E-state index is 9.94. The molecule has 82 valence electrons. The van der Waals surface area contributed by atoms with Gasteiger partial charge in [-0.25, -0.2) is 0 Å². The van der Waals surface area contributed by atoms with Gasteiger partial charge in [-0.3, -0.25) is 0 Å². The van der Waals surface area contributed by atoms with Crippen LogP contribution in [0.3, 0.4) is 0 Å². The van der Waals surface area contributed by atoms with Crippen molar-refractivity contribution in [2.24, 2.45) is 0 Å². The van der Waals surface area contributed by atoms with Crippen molar-refractivity contribution >= 4 is 0 Å². The van der Waals surface area contributed by atoms with Crippen LogP contribution in [0.2, 0.25) is 0 Å². The van der Waals surface area contributed by atoms with E-state index >= 15 is 0 Å². The average molecular weight is 204 g/mol. The van der Waals surface area contributed by atoms with Crippen molar-refractivity contribution in [1.82, 2.24) is 0 Å². The van der Waals surface area contributed by atoms with E-state index in [-0.39, 0.29) is 0 Å². The second-order valence-corrected chi connectivity index (χ2v) is 4.67. The largest absolute Gasteiger partial charge is 0.385 e. The molecule has 0 radical (unpaired) electrons. The minimum atomic E-state index is -0.480. The highest BCUT2D eigenvalue weighted by Gasteiger charge is 2.41. The maximum Gasteiger partial charge on any atom is 0.0899 e. The molecule has 1 N–H and O–H groups in total. The summed E-state index contributed by atoms with van der Waals surface area (Å²) in [6, 6.07) is 8.56. The number of hydrogen-bond donors (Lipinski definition) is 1. The molecule has 0 unspecified atom stereocenters.